The van der Waals surface area contributed by atoms with Crippen molar-refractivity contribution in [3.8, 4) is 34.1 Å². The fraction of sp³-hybridized carbons (Fsp3) is 0.0952. The molecule has 0 unspecified atom stereocenters. The van der Waals surface area contributed by atoms with Crippen molar-refractivity contribution in [2.75, 3.05) is 14.2 Å². The topological polar surface area (TPSA) is 57.1 Å². The zero-order chi connectivity index (χ0) is 17.9. The van der Waals surface area contributed by atoms with Crippen LogP contribution in [0.3, 0.4) is 0 Å². The summed E-state index contributed by atoms with van der Waals surface area (Å²) in [6.45, 7) is 0. The van der Waals surface area contributed by atoms with Crippen LogP contribution in [0.15, 0.2) is 67.0 Å². The summed E-state index contributed by atoms with van der Waals surface area (Å²) in [7, 11) is 3.28. The Kier molecular flexibility index (Phi) is 4.19. The van der Waals surface area contributed by atoms with Crippen molar-refractivity contribution in [1.29, 1.82) is 0 Å². The molecule has 128 valence electrons. The highest BCUT2D eigenvalue weighted by atomic mass is 16.5. The lowest BCUT2D eigenvalue weighted by Crippen LogP contribution is -1.96. The van der Waals surface area contributed by atoms with Crippen LogP contribution in [0.5, 0.6) is 11.6 Å². The van der Waals surface area contributed by atoms with Gasteiger partial charge >= 0.3 is 0 Å². The average molecular weight is 343 g/mol. The second kappa shape index (κ2) is 6.80. The van der Waals surface area contributed by atoms with Crippen LogP contribution in [0.4, 0.5) is 0 Å². The summed E-state index contributed by atoms with van der Waals surface area (Å²) < 4.78 is 10.7. The molecule has 0 spiro atoms. The van der Waals surface area contributed by atoms with Gasteiger partial charge in [0.15, 0.2) is 5.82 Å². The third-order valence-corrected chi connectivity index (χ3v) is 4.20. The van der Waals surface area contributed by atoms with Gasteiger partial charge in [-0.15, -0.1) is 0 Å². The third kappa shape index (κ3) is 2.95. The van der Waals surface area contributed by atoms with Crippen molar-refractivity contribution < 1.29 is 9.47 Å². The molecule has 0 amide bonds. The summed E-state index contributed by atoms with van der Waals surface area (Å²) in [6.07, 6.45) is 3.47. The Morgan fingerprint density at radius 3 is 2.27 bits per heavy atom. The van der Waals surface area contributed by atoms with E-state index in [-0.39, 0.29) is 0 Å². The molecule has 4 aromatic rings. The van der Waals surface area contributed by atoms with Gasteiger partial charge in [0, 0.05) is 18.0 Å². The van der Waals surface area contributed by atoms with E-state index < -0.39 is 0 Å². The largest absolute Gasteiger partial charge is 0.497 e. The van der Waals surface area contributed by atoms with E-state index in [0.717, 1.165) is 33.3 Å². The van der Waals surface area contributed by atoms with Crippen molar-refractivity contribution in [2.24, 2.45) is 0 Å². The summed E-state index contributed by atoms with van der Waals surface area (Å²) >= 11 is 0. The van der Waals surface area contributed by atoms with Crippen LogP contribution in [0.1, 0.15) is 0 Å². The molecule has 0 atom stereocenters. The van der Waals surface area contributed by atoms with Crippen molar-refractivity contribution in [1.82, 2.24) is 15.0 Å². The van der Waals surface area contributed by atoms with E-state index in [1.54, 1.807) is 26.6 Å². The first kappa shape index (κ1) is 16.0. The Bertz CT molecular complexity index is 1050. The highest BCUT2D eigenvalue weighted by Gasteiger charge is 2.11. The van der Waals surface area contributed by atoms with Gasteiger partial charge in [-0.25, -0.2) is 4.98 Å². The van der Waals surface area contributed by atoms with Gasteiger partial charge in [-0.1, -0.05) is 18.2 Å². The first-order chi connectivity index (χ1) is 12.8. The SMILES string of the molecule is COc1ccc(-c2ccc3nc(-c4cccnc4)nc(OC)c3c2)cc1. The fourth-order valence-corrected chi connectivity index (χ4v) is 2.84. The monoisotopic (exact) mass is 343 g/mol. The number of methoxy groups -OCH3 is 2. The summed E-state index contributed by atoms with van der Waals surface area (Å²) in [5.74, 6) is 1.97. The molecule has 26 heavy (non-hydrogen) atoms. The van der Waals surface area contributed by atoms with Gasteiger partial charge in [0.05, 0.1) is 25.1 Å². The third-order valence-electron chi connectivity index (χ3n) is 4.20. The molecule has 0 bridgehead atoms. The van der Waals surface area contributed by atoms with Gasteiger partial charge in [-0.05, 0) is 47.5 Å². The van der Waals surface area contributed by atoms with Crippen LogP contribution in [0.25, 0.3) is 33.4 Å². The number of ether oxygens (including phenoxy) is 2. The molecule has 0 N–H and O–H groups in total. The first-order valence-electron chi connectivity index (χ1n) is 8.19. The fourth-order valence-electron chi connectivity index (χ4n) is 2.84. The van der Waals surface area contributed by atoms with E-state index in [1.165, 1.54) is 0 Å². The number of benzene rings is 2. The molecule has 0 saturated carbocycles. The smallest absolute Gasteiger partial charge is 0.224 e. The Morgan fingerprint density at radius 2 is 1.58 bits per heavy atom. The minimum Gasteiger partial charge on any atom is -0.497 e. The van der Waals surface area contributed by atoms with Crippen LogP contribution in [0, 0.1) is 0 Å². The van der Waals surface area contributed by atoms with E-state index in [1.807, 2.05) is 54.6 Å². The number of hydrogen-bond donors (Lipinski definition) is 0. The number of hydrogen-bond acceptors (Lipinski definition) is 5. The maximum Gasteiger partial charge on any atom is 0.224 e. The number of nitrogens with zero attached hydrogens (tertiary/aromatic N) is 3. The Labute approximate surface area is 151 Å². The molecule has 0 aliphatic heterocycles. The van der Waals surface area contributed by atoms with Gasteiger partial charge in [0.1, 0.15) is 5.75 Å². The lowest BCUT2D eigenvalue weighted by Gasteiger charge is -2.10. The number of fused-ring (bicyclic) bond motifs is 1. The zero-order valence-corrected chi connectivity index (χ0v) is 14.5. The van der Waals surface area contributed by atoms with Crippen LogP contribution in [0.2, 0.25) is 0 Å². The summed E-state index contributed by atoms with van der Waals surface area (Å²) in [5.41, 5.74) is 3.84. The molecule has 0 aliphatic rings. The molecule has 0 aliphatic carbocycles. The van der Waals surface area contributed by atoms with E-state index in [9.17, 15) is 0 Å². The van der Waals surface area contributed by atoms with E-state index >= 15 is 0 Å². The van der Waals surface area contributed by atoms with E-state index in [0.29, 0.717) is 11.7 Å². The molecular weight excluding hydrogens is 326 g/mol. The maximum absolute atomic E-state index is 5.53. The van der Waals surface area contributed by atoms with Gasteiger partial charge in [0.2, 0.25) is 5.88 Å². The summed E-state index contributed by atoms with van der Waals surface area (Å²) in [6, 6.07) is 17.8. The predicted octanol–water partition coefficient (Wildman–Crippen LogP) is 4.38. The Balaban J connectivity index is 1.82. The molecule has 5 heteroatoms. The Hall–Kier alpha value is -3.47. The minimum atomic E-state index is 0.546. The van der Waals surface area contributed by atoms with Crippen LogP contribution in [-0.4, -0.2) is 29.2 Å². The maximum atomic E-state index is 5.53. The zero-order valence-electron chi connectivity index (χ0n) is 14.5. The number of rotatable bonds is 4. The van der Waals surface area contributed by atoms with E-state index in [4.69, 9.17) is 9.47 Å². The standard InChI is InChI=1S/C21H17N3O2/c1-25-17-8-5-14(6-9-17)15-7-10-19-18(12-15)21(26-2)24-20(23-19)16-4-3-11-22-13-16/h3-13H,1-2H3. The minimum absolute atomic E-state index is 0.546. The second-order valence-electron chi connectivity index (χ2n) is 5.76. The molecular formula is C21H17N3O2. The molecule has 4 rings (SSSR count). The summed E-state index contributed by atoms with van der Waals surface area (Å²) in [5, 5.41) is 0.869. The van der Waals surface area contributed by atoms with Gasteiger partial charge in [0.25, 0.3) is 0 Å². The molecule has 5 nitrogen and oxygen atoms in total. The quantitative estimate of drug-likeness (QED) is 0.550. The van der Waals surface area contributed by atoms with Crippen LogP contribution in [-0.2, 0) is 0 Å². The van der Waals surface area contributed by atoms with Crippen LogP contribution < -0.4 is 9.47 Å². The van der Waals surface area contributed by atoms with E-state index in [2.05, 4.69) is 15.0 Å². The second-order valence-corrected chi connectivity index (χ2v) is 5.76. The van der Waals surface area contributed by atoms with Crippen molar-refractivity contribution in [3.05, 3.63) is 67.0 Å². The van der Waals surface area contributed by atoms with Crippen molar-refractivity contribution in [2.45, 2.75) is 0 Å². The Morgan fingerprint density at radius 1 is 0.769 bits per heavy atom. The molecule has 2 heterocycles. The van der Waals surface area contributed by atoms with Gasteiger partial charge in [-0.3, -0.25) is 4.98 Å². The molecule has 2 aromatic heterocycles. The normalized spacial score (nSPS) is 10.7. The first-order valence-corrected chi connectivity index (χ1v) is 8.19. The highest BCUT2D eigenvalue weighted by molar-refractivity contribution is 5.89. The van der Waals surface area contributed by atoms with Gasteiger partial charge in [-0.2, -0.15) is 4.98 Å². The molecule has 0 saturated heterocycles. The van der Waals surface area contributed by atoms with Crippen LogP contribution >= 0.6 is 0 Å². The molecule has 2 aromatic carbocycles. The lowest BCUT2D eigenvalue weighted by atomic mass is 10.0. The number of pyridine rings is 1. The highest BCUT2D eigenvalue weighted by Crippen LogP contribution is 2.31. The molecule has 0 radical (unpaired) electrons. The van der Waals surface area contributed by atoms with Crippen molar-refractivity contribution in [3.63, 3.8) is 0 Å². The van der Waals surface area contributed by atoms with Gasteiger partial charge < -0.3 is 9.47 Å². The average Bonchev–Trinajstić information content (AvgIpc) is 2.73. The predicted molar refractivity (Wildman–Crippen MR) is 101 cm³/mol. The lowest BCUT2D eigenvalue weighted by molar-refractivity contribution is 0.403. The number of aromatic nitrogens is 3. The molecule has 0 fully saturated rings. The van der Waals surface area contributed by atoms with Crippen molar-refractivity contribution >= 4 is 10.9 Å². The summed E-state index contributed by atoms with van der Waals surface area (Å²) in [4.78, 5) is 13.4.